The molecule has 2 aliphatic heterocycles. The lowest BCUT2D eigenvalue weighted by atomic mass is 10.1. The summed E-state index contributed by atoms with van der Waals surface area (Å²) in [5, 5.41) is 0. The Morgan fingerprint density at radius 1 is 0.969 bits per heavy atom. The zero-order valence-electron chi connectivity index (χ0n) is 17.7. The Hall–Kier alpha value is -3.03. The molecule has 0 N–H and O–H groups in total. The van der Waals surface area contributed by atoms with Crippen LogP contribution in [0, 0.1) is 5.92 Å². The van der Waals surface area contributed by atoms with Crippen LogP contribution < -0.4 is 4.90 Å². The smallest absolute Gasteiger partial charge is 0.368 e. The Bertz CT molecular complexity index is 956. The predicted molar refractivity (Wildman–Crippen MR) is 115 cm³/mol. The van der Waals surface area contributed by atoms with Gasteiger partial charge in [-0.1, -0.05) is 36.4 Å². The van der Waals surface area contributed by atoms with E-state index in [1.165, 1.54) is 6.07 Å². The van der Waals surface area contributed by atoms with Gasteiger partial charge < -0.3 is 14.7 Å². The minimum atomic E-state index is -4.38. The highest BCUT2D eigenvalue weighted by molar-refractivity contribution is 5.89. The van der Waals surface area contributed by atoms with E-state index in [2.05, 4.69) is 0 Å². The molecule has 0 aliphatic carbocycles. The third-order valence-electron chi connectivity index (χ3n) is 6.21. The quantitative estimate of drug-likeness (QED) is 0.708. The van der Waals surface area contributed by atoms with Crippen LogP contribution in [0.3, 0.4) is 0 Å². The Kier molecular flexibility index (Phi) is 6.39. The molecule has 0 aromatic heterocycles. The molecule has 2 aromatic rings. The van der Waals surface area contributed by atoms with Crippen LogP contribution in [0.4, 0.5) is 18.9 Å². The Morgan fingerprint density at radius 3 is 2.38 bits per heavy atom. The average Bonchev–Trinajstić information content (AvgIpc) is 3.18. The SMILES string of the molecule is O=C1CC(C(=O)N2CCN(c3cccc(C(F)(F)F)c3)CC2)CN1CCc1ccccc1. The average molecular weight is 445 g/mol. The molecule has 2 saturated heterocycles. The van der Waals surface area contributed by atoms with Gasteiger partial charge in [0.1, 0.15) is 0 Å². The maximum Gasteiger partial charge on any atom is 0.416 e. The summed E-state index contributed by atoms with van der Waals surface area (Å²) in [6.07, 6.45) is -3.40. The number of amides is 2. The highest BCUT2D eigenvalue weighted by atomic mass is 19.4. The van der Waals surface area contributed by atoms with Gasteiger partial charge in [0.25, 0.3) is 0 Å². The van der Waals surface area contributed by atoms with Crippen LogP contribution in [0.25, 0.3) is 0 Å². The third-order valence-corrected chi connectivity index (χ3v) is 6.21. The highest BCUT2D eigenvalue weighted by Gasteiger charge is 2.37. The van der Waals surface area contributed by atoms with Crippen LogP contribution in [-0.4, -0.2) is 60.9 Å². The van der Waals surface area contributed by atoms with Crippen LogP contribution in [0.5, 0.6) is 0 Å². The molecule has 2 fully saturated rings. The van der Waals surface area contributed by atoms with Crippen molar-refractivity contribution in [1.29, 1.82) is 0 Å². The van der Waals surface area contributed by atoms with E-state index in [9.17, 15) is 22.8 Å². The molecule has 170 valence electrons. The van der Waals surface area contributed by atoms with Gasteiger partial charge in [0.05, 0.1) is 11.5 Å². The van der Waals surface area contributed by atoms with Gasteiger partial charge in [-0.05, 0) is 30.2 Å². The molecule has 2 amide bonds. The first-order valence-corrected chi connectivity index (χ1v) is 10.8. The van der Waals surface area contributed by atoms with Crippen molar-refractivity contribution < 1.29 is 22.8 Å². The van der Waals surface area contributed by atoms with Crippen molar-refractivity contribution in [2.45, 2.75) is 19.0 Å². The minimum absolute atomic E-state index is 0.00174. The molecule has 0 radical (unpaired) electrons. The van der Waals surface area contributed by atoms with Gasteiger partial charge in [-0.15, -0.1) is 0 Å². The summed E-state index contributed by atoms with van der Waals surface area (Å²) in [5.41, 5.74) is 0.990. The summed E-state index contributed by atoms with van der Waals surface area (Å²) < 4.78 is 39.0. The number of nitrogens with zero attached hydrogens (tertiary/aromatic N) is 3. The zero-order valence-corrected chi connectivity index (χ0v) is 17.7. The van der Waals surface area contributed by atoms with E-state index in [-0.39, 0.29) is 24.2 Å². The first-order valence-electron chi connectivity index (χ1n) is 10.8. The lowest BCUT2D eigenvalue weighted by Crippen LogP contribution is -2.50. The van der Waals surface area contributed by atoms with Crippen LogP contribution in [0.15, 0.2) is 54.6 Å². The van der Waals surface area contributed by atoms with E-state index >= 15 is 0 Å². The van der Waals surface area contributed by atoms with E-state index < -0.39 is 11.7 Å². The van der Waals surface area contributed by atoms with Crippen molar-refractivity contribution in [3.63, 3.8) is 0 Å². The van der Waals surface area contributed by atoms with Gasteiger partial charge in [0.2, 0.25) is 11.8 Å². The summed E-state index contributed by atoms with van der Waals surface area (Å²) in [4.78, 5) is 30.7. The van der Waals surface area contributed by atoms with E-state index in [4.69, 9.17) is 0 Å². The topological polar surface area (TPSA) is 43.9 Å². The number of hydrogen-bond donors (Lipinski definition) is 0. The normalized spacial score (nSPS) is 19.5. The van der Waals surface area contributed by atoms with Crippen molar-refractivity contribution in [3.05, 3.63) is 65.7 Å². The summed E-state index contributed by atoms with van der Waals surface area (Å²) >= 11 is 0. The van der Waals surface area contributed by atoms with Gasteiger partial charge in [-0.2, -0.15) is 13.2 Å². The molecule has 5 nitrogen and oxygen atoms in total. The first-order chi connectivity index (χ1) is 15.3. The largest absolute Gasteiger partial charge is 0.416 e. The van der Waals surface area contributed by atoms with E-state index in [1.807, 2.05) is 35.2 Å². The summed E-state index contributed by atoms with van der Waals surface area (Å²) in [7, 11) is 0. The standard InChI is InChI=1S/C24H26F3N3O2/c25-24(26,27)20-7-4-8-21(16-20)28-11-13-29(14-12-28)23(32)19-15-22(31)30(17-19)10-9-18-5-2-1-3-6-18/h1-8,16,19H,9-15,17H2. The molecule has 0 spiro atoms. The van der Waals surface area contributed by atoms with Gasteiger partial charge in [0, 0.05) is 51.4 Å². The number of rotatable bonds is 5. The first kappa shape index (κ1) is 22.2. The van der Waals surface area contributed by atoms with Crippen LogP contribution in [0.1, 0.15) is 17.5 Å². The van der Waals surface area contributed by atoms with Crippen LogP contribution >= 0.6 is 0 Å². The van der Waals surface area contributed by atoms with Gasteiger partial charge in [-0.25, -0.2) is 0 Å². The fourth-order valence-electron chi connectivity index (χ4n) is 4.38. The van der Waals surface area contributed by atoms with Crippen molar-refractivity contribution in [2.24, 2.45) is 5.92 Å². The molecule has 8 heteroatoms. The number of hydrogen-bond acceptors (Lipinski definition) is 3. The molecular formula is C24H26F3N3O2. The number of likely N-dealkylation sites (tertiary alicyclic amines) is 1. The molecule has 32 heavy (non-hydrogen) atoms. The molecule has 2 aromatic carbocycles. The lowest BCUT2D eigenvalue weighted by molar-refractivity contribution is -0.137. The third kappa shape index (κ3) is 5.06. The highest BCUT2D eigenvalue weighted by Crippen LogP contribution is 2.32. The number of halogens is 3. The van der Waals surface area contributed by atoms with E-state index in [0.29, 0.717) is 45.0 Å². The minimum Gasteiger partial charge on any atom is -0.368 e. The molecule has 2 heterocycles. The van der Waals surface area contributed by atoms with Gasteiger partial charge in [0.15, 0.2) is 0 Å². The maximum absolute atomic E-state index is 13.0. The second-order valence-corrected chi connectivity index (χ2v) is 8.34. The summed E-state index contributed by atoms with van der Waals surface area (Å²) in [5.74, 6) is -0.385. The number of carbonyl (C=O) groups is 2. The molecule has 0 bridgehead atoms. The van der Waals surface area contributed by atoms with Crippen molar-refractivity contribution in [1.82, 2.24) is 9.80 Å². The number of benzene rings is 2. The number of anilines is 1. The Morgan fingerprint density at radius 2 is 1.69 bits per heavy atom. The van der Waals surface area contributed by atoms with Crippen LogP contribution in [-0.2, 0) is 22.2 Å². The molecule has 1 unspecified atom stereocenters. The molecular weight excluding hydrogens is 419 g/mol. The van der Waals surface area contributed by atoms with Gasteiger partial charge in [-0.3, -0.25) is 9.59 Å². The Labute approximate surface area is 185 Å². The monoisotopic (exact) mass is 445 g/mol. The van der Waals surface area contributed by atoms with Crippen LogP contribution in [0.2, 0.25) is 0 Å². The molecule has 4 rings (SSSR count). The van der Waals surface area contributed by atoms with Gasteiger partial charge >= 0.3 is 6.18 Å². The zero-order chi connectivity index (χ0) is 22.7. The second kappa shape index (κ2) is 9.22. The summed E-state index contributed by atoms with van der Waals surface area (Å²) in [6, 6.07) is 15.2. The lowest BCUT2D eigenvalue weighted by Gasteiger charge is -2.37. The fourth-order valence-corrected chi connectivity index (χ4v) is 4.38. The molecule has 2 aliphatic rings. The molecule has 1 atom stereocenters. The number of carbonyl (C=O) groups excluding carboxylic acids is 2. The number of alkyl halides is 3. The number of piperazine rings is 1. The maximum atomic E-state index is 13.0. The predicted octanol–water partition coefficient (Wildman–Crippen LogP) is 3.45. The van der Waals surface area contributed by atoms with Crippen molar-refractivity contribution in [3.8, 4) is 0 Å². The fraction of sp³-hybridized carbons (Fsp3) is 0.417. The van der Waals surface area contributed by atoms with E-state index in [0.717, 1.165) is 24.1 Å². The summed E-state index contributed by atoms with van der Waals surface area (Å²) in [6.45, 7) is 2.82. The van der Waals surface area contributed by atoms with Crippen molar-refractivity contribution >= 4 is 17.5 Å². The Balaban J connectivity index is 1.29. The van der Waals surface area contributed by atoms with Crippen molar-refractivity contribution in [2.75, 3.05) is 44.2 Å². The molecule has 0 saturated carbocycles. The second-order valence-electron chi connectivity index (χ2n) is 8.34. The van der Waals surface area contributed by atoms with E-state index in [1.54, 1.807) is 15.9 Å².